The predicted octanol–water partition coefficient (Wildman–Crippen LogP) is 2.32. The first kappa shape index (κ1) is 10.1. The Balaban J connectivity index is 1.38. The van der Waals surface area contributed by atoms with Gasteiger partial charge in [-0.2, -0.15) is 0 Å². The summed E-state index contributed by atoms with van der Waals surface area (Å²) >= 11 is 0. The lowest BCUT2D eigenvalue weighted by Gasteiger charge is -2.21. The van der Waals surface area contributed by atoms with Crippen molar-refractivity contribution in [2.45, 2.75) is 57.1 Å². The van der Waals surface area contributed by atoms with Crippen molar-refractivity contribution < 1.29 is 4.74 Å². The average Bonchev–Trinajstić information content (AvgIpc) is 2.75. The van der Waals surface area contributed by atoms with Crippen molar-refractivity contribution in [1.82, 2.24) is 0 Å². The molecular weight excluding hydrogens is 186 g/mol. The zero-order valence-electron chi connectivity index (χ0n) is 9.53. The second-order valence-corrected chi connectivity index (χ2v) is 5.86. The zero-order valence-corrected chi connectivity index (χ0v) is 9.53. The van der Waals surface area contributed by atoms with Gasteiger partial charge >= 0.3 is 0 Å². The van der Waals surface area contributed by atoms with Crippen LogP contribution in [0.2, 0.25) is 0 Å². The van der Waals surface area contributed by atoms with E-state index in [1.165, 1.54) is 44.9 Å². The SMILES string of the molecule is NC(CCC1CCCO1)C1CC2CC2C1. The van der Waals surface area contributed by atoms with Crippen LogP contribution in [0.5, 0.6) is 0 Å². The van der Waals surface area contributed by atoms with Crippen LogP contribution >= 0.6 is 0 Å². The van der Waals surface area contributed by atoms with E-state index in [2.05, 4.69) is 0 Å². The van der Waals surface area contributed by atoms with Crippen molar-refractivity contribution in [3.05, 3.63) is 0 Å². The van der Waals surface area contributed by atoms with E-state index in [9.17, 15) is 0 Å². The fourth-order valence-corrected chi connectivity index (χ4v) is 3.60. The van der Waals surface area contributed by atoms with Crippen molar-refractivity contribution in [2.24, 2.45) is 23.5 Å². The van der Waals surface area contributed by atoms with Gasteiger partial charge in [-0.25, -0.2) is 0 Å². The highest BCUT2D eigenvalue weighted by atomic mass is 16.5. The molecule has 1 saturated heterocycles. The topological polar surface area (TPSA) is 35.2 Å². The van der Waals surface area contributed by atoms with Crippen LogP contribution in [0.4, 0.5) is 0 Å². The van der Waals surface area contributed by atoms with Crippen LogP contribution in [0.3, 0.4) is 0 Å². The highest BCUT2D eigenvalue weighted by Gasteiger charge is 2.47. The van der Waals surface area contributed by atoms with E-state index in [1.807, 2.05) is 0 Å². The Morgan fingerprint density at radius 2 is 2.00 bits per heavy atom. The summed E-state index contributed by atoms with van der Waals surface area (Å²) in [6.45, 7) is 0.980. The maximum Gasteiger partial charge on any atom is 0.0576 e. The molecule has 1 heterocycles. The first-order chi connectivity index (χ1) is 7.33. The Bertz CT molecular complexity index is 215. The van der Waals surface area contributed by atoms with E-state index in [0.29, 0.717) is 12.1 Å². The van der Waals surface area contributed by atoms with Gasteiger partial charge in [0.15, 0.2) is 0 Å². The molecule has 2 N–H and O–H groups in total. The van der Waals surface area contributed by atoms with Crippen molar-refractivity contribution in [2.75, 3.05) is 6.61 Å². The summed E-state index contributed by atoms with van der Waals surface area (Å²) in [5.74, 6) is 2.99. The Labute approximate surface area is 92.6 Å². The van der Waals surface area contributed by atoms with Gasteiger partial charge in [-0.3, -0.25) is 0 Å². The lowest BCUT2D eigenvalue weighted by molar-refractivity contribution is 0.0986. The highest BCUT2D eigenvalue weighted by molar-refractivity contribution is 4.98. The van der Waals surface area contributed by atoms with Crippen molar-refractivity contribution in [1.29, 1.82) is 0 Å². The van der Waals surface area contributed by atoms with Crippen LogP contribution in [-0.2, 0) is 4.74 Å². The molecule has 0 bridgehead atoms. The van der Waals surface area contributed by atoms with Gasteiger partial charge in [0, 0.05) is 12.6 Å². The first-order valence-electron chi connectivity index (χ1n) is 6.70. The number of hydrogen-bond donors (Lipinski definition) is 1. The van der Waals surface area contributed by atoms with Crippen molar-refractivity contribution >= 4 is 0 Å². The third-order valence-electron chi connectivity index (χ3n) is 4.73. The van der Waals surface area contributed by atoms with Crippen molar-refractivity contribution in [3.8, 4) is 0 Å². The Morgan fingerprint density at radius 3 is 2.67 bits per heavy atom. The maximum absolute atomic E-state index is 6.28. The van der Waals surface area contributed by atoms with Gasteiger partial charge in [-0.1, -0.05) is 0 Å². The minimum Gasteiger partial charge on any atom is -0.378 e. The molecule has 0 radical (unpaired) electrons. The molecule has 2 aliphatic carbocycles. The minimum atomic E-state index is 0.460. The van der Waals surface area contributed by atoms with Crippen LogP contribution < -0.4 is 5.73 Å². The molecule has 3 fully saturated rings. The molecule has 1 aliphatic heterocycles. The average molecular weight is 209 g/mol. The van der Waals surface area contributed by atoms with Gasteiger partial charge < -0.3 is 10.5 Å². The smallest absolute Gasteiger partial charge is 0.0576 e. The number of hydrogen-bond acceptors (Lipinski definition) is 2. The van der Waals surface area contributed by atoms with E-state index in [1.54, 1.807) is 0 Å². The fraction of sp³-hybridized carbons (Fsp3) is 1.00. The largest absolute Gasteiger partial charge is 0.378 e. The fourth-order valence-electron chi connectivity index (χ4n) is 3.60. The van der Waals surface area contributed by atoms with E-state index < -0.39 is 0 Å². The van der Waals surface area contributed by atoms with Gasteiger partial charge in [0.05, 0.1) is 6.10 Å². The van der Waals surface area contributed by atoms with Crippen LogP contribution in [0.25, 0.3) is 0 Å². The summed E-state index contributed by atoms with van der Waals surface area (Å²) < 4.78 is 5.64. The molecule has 2 heteroatoms. The van der Waals surface area contributed by atoms with Crippen LogP contribution in [0, 0.1) is 17.8 Å². The Kier molecular flexibility index (Phi) is 2.73. The molecular formula is C13H23NO. The van der Waals surface area contributed by atoms with Gasteiger partial charge in [0.2, 0.25) is 0 Å². The highest BCUT2D eigenvalue weighted by Crippen LogP contribution is 2.55. The summed E-state index contributed by atoms with van der Waals surface area (Å²) in [7, 11) is 0. The second kappa shape index (κ2) is 4.06. The number of fused-ring (bicyclic) bond motifs is 1. The molecule has 0 aromatic heterocycles. The van der Waals surface area contributed by atoms with E-state index in [4.69, 9.17) is 10.5 Å². The molecule has 2 saturated carbocycles. The molecule has 15 heavy (non-hydrogen) atoms. The van der Waals surface area contributed by atoms with Crippen LogP contribution in [0.1, 0.15) is 44.9 Å². The van der Waals surface area contributed by atoms with Gasteiger partial charge in [0.25, 0.3) is 0 Å². The van der Waals surface area contributed by atoms with Crippen LogP contribution in [-0.4, -0.2) is 18.8 Å². The first-order valence-corrected chi connectivity index (χ1v) is 6.70. The number of nitrogens with two attached hydrogens (primary N) is 1. The lowest BCUT2D eigenvalue weighted by atomic mass is 9.91. The number of rotatable bonds is 4. The second-order valence-electron chi connectivity index (χ2n) is 5.86. The molecule has 4 atom stereocenters. The molecule has 0 aromatic carbocycles. The summed E-state index contributed by atoms with van der Waals surface area (Å²) in [6, 6.07) is 0.460. The number of ether oxygens (including phenoxy) is 1. The molecule has 3 aliphatic rings. The molecule has 86 valence electrons. The molecule has 0 amide bonds. The standard InChI is InChI=1S/C13H23NO/c14-13(4-3-12-2-1-5-15-12)11-7-9-6-10(9)8-11/h9-13H,1-8,14H2. The molecule has 3 rings (SSSR count). The minimum absolute atomic E-state index is 0.460. The van der Waals surface area contributed by atoms with Gasteiger partial charge in [0.1, 0.15) is 0 Å². The summed E-state index contributed by atoms with van der Waals surface area (Å²) in [5.41, 5.74) is 6.28. The van der Waals surface area contributed by atoms with Gasteiger partial charge in [-0.15, -0.1) is 0 Å². The van der Waals surface area contributed by atoms with Gasteiger partial charge in [-0.05, 0) is 62.7 Å². The third kappa shape index (κ3) is 2.21. The van der Waals surface area contributed by atoms with Crippen molar-refractivity contribution in [3.63, 3.8) is 0 Å². The monoisotopic (exact) mass is 209 g/mol. The molecule has 4 unspecified atom stereocenters. The zero-order chi connectivity index (χ0) is 10.3. The third-order valence-corrected chi connectivity index (χ3v) is 4.73. The Hall–Kier alpha value is -0.0800. The molecule has 0 spiro atoms. The lowest BCUT2D eigenvalue weighted by Crippen LogP contribution is -2.30. The molecule has 0 aromatic rings. The maximum atomic E-state index is 6.28. The van der Waals surface area contributed by atoms with E-state index in [-0.39, 0.29) is 0 Å². The van der Waals surface area contributed by atoms with Crippen LogP contribution in [0.15, 0.2) is 0 Å². The summed E-state index contributed by atoms with van der Waals surface area (Å²) in [6.07, 6.45) is 9.81. The molecule has 2 nitrogen and oxygen atoms in total. The quantitative estimate of drug-likeness (QED) is 0.771. The normalized spacial score (nSPS) is 45.4. The summed E-state index contributed by atoms with van der Waals surface area (Å²) in [5, 5.41) is 0. The predicted molar refractivity (Wildman–Crippen MR) is 60.5 cm³/mol. The van der Waals surface area contributed by atoms with E-state index in [0.717, 1.165) is 24.4 Å². The Morgan fingerprint density at radius 1 is 1.20 bits per heavy atom. The summed E-state index contributed by atoms with van der Waals surface area (Å²) in [4.78, 5) is 0. The van der Waals surface area contributed by atoms with E-state index >= 15 is 0 Å².